The Hall–Kier alpha value is -2.14. The van der Waals surface area contributed by atoms with E-state index in [-0.39, 0.29) is 17.7 Å². The molecule has 1 unspecified atom stereocenters. The highest BCUT2D eigenvalue weighted by molar-refractivity contribution is 9.10. The second-order valence-electron chi connectivity index (χ2n) is 6.67. The molecule has 0 bridgehead atoms. The van der Waals surface area contributed by atoms with E-state index >= 15 is 0 Å². The average molecular weight is 416 g/mol. The summed E-state index contributed by atoms with van der Waals surface area (Å²) in [6.45, 7) is 3.85. The Morgan fingerprint density at radius 2 is 1.92 bits per heavy atom. The quantitative estimate of drug-likeness (QED) is 0.620. The number of benzene rings is 2. The van der Waals surface area contributed by atoms with Gasteiger partial charge >= 0.3 is 0 Å². The summed E-state index contributed by atoms with van der Waals surface area (Å²) in [6.07, 6.45) is 1.46. The van der Waals surface area contributed by atoms with Gasteiger partial charge in [0.2, 0.25) is 0 Å². The van der Waals surface area contributed by atoms with Gasteiger partial charge in [0.25, 0.3) is 5.91 Å². The van der Waals surface area contributed by atoms with Crippen LogP contribution in [0.1, 0.15) is 42.6 Å². The SMILES string of the molecule is CC(=O)c1cccc(OC(C)C(=O)N(Cc2cccc(Br)c2)C2CC2)c1. The Kier molecular flexibility index (Phi) is 5.77. The maximum Gasteiger partial charge on any atom is 0.263 e. The maximum atomic E-state index is 13.0. The lowest BCUT2D eigenvalue weighted by molar-refractivity contribution is -0.139. The fourth-order valence-corrected chi connectivity index (χ4v) is 3.33. The largest absolute Gasteiger partial charge is 0.481 e. The third kappa shape index (κ3) is 4.73. The number of hydrogen-bond acceptors (Lipinski definition) is 3. The highest BCUT2D eigenvalue weighted by Crippen LogP contribution is 2.30. The van der Waals surface area contributed by atoms with E-state index < -0.39 is 6.10 Å². The molecule has 2 aromatic carbocycles. The van der Waals surface area contributed by atoms with Gasteiger partial charge in [0, 0.05) is 22.6 Å². The van der Waals surface area contributed by atoms with Crippen molar-refractivity contribution in [2.75, 3.05) is 0 Å². The Balaban J connectivity index is 1.70. The highest BCUT2D eigenvalue weighted by Gasteiger charge is 2.35. The summed E-state index contributed by atoms with van der Waals surface area (Å²) in [5, 5.41) is 0. The summed E-state index contributed by atoms with van der Waals surface area (Å²) < 4.78 is 6.84. The molecule has 5 heteroatoms. The van der Waals surface area contributed by atoms with Crippen LogP contribution in [0.25, 0.3) is 0 Å². The van der Waals surface area contributed by atoms with Gasteiger partial charge in [0.15, 0.2) is 11.9 Å². The molecular weight excluding hydrogens is 394 g/mol. The van der Waals surface area contributed by atoms with E-state index in [0.29, 0.717) is 17.9 Å². The topological polar surface area (TPSA) is 46.6 Å². The molecule has 1 atom stereocenters. The van der Waals surface area contributed by atoms with E-state index in [1.54, 1.807) is 31.2 Å². The smallest absolute Gasteiger partial charge is 0.263 e. The first-order valence-corrected chi connectivity index (χ1v) is 9.56. The predicted molar refractivity (Wildman–Crippen MR) is 104 cm³/mol. The van der Waals surface area contributed by atoms with Crippen molar-refractivity contribution < 1.29 is 14.3 Å². The van der Waals surface area contributed by atoms with E-state index in [1.165, 1.54) is 6.92 Å². The van der Waals surface area contributed by atoms with E-state index in [2.05, 4.69) is 15.9 Å². The summed E-state index contributed by atoms with van der Waals surface area (Å²) >= 11 is 3.48. The molecule has 0 aromatic heterocycles. The monoisotopic (exact) mass is 415 g/mol. The molecule has 0 saturated heterocycles. The molecule has 1 saturated carbocycles. The number of rotatable bonds is 7. The molecule has 26 heavy (non-hydrogen) atoms. The van der Waals surface area contributed by atoms with Crippen molar-refractivity contribution >= 4 is 27.6 Å². The lowest BCUT2D eigenvalue weighted by Crippen LogP contribution is -2.41. The second-order valence-corrected chi connectivity index (χ2v) is 7.59. The van der Waals surface area contributed by atoms with Crippen molar-refractivity contribution in [3.8, 4) is 5.75 Å². The zero-order chi connectivity index (χ0) is 18.7. The molecule has 1 amide bonds. The fourth-order valence-electron chi connectivity index (χ4n) is 2.88. The van der Waals surface area contributed by atoms with Gasteiger partial charge in [-0.3, -0.25) is 9.59 Å². The third-order valence-corrected chi connectivity index (χ3v) is 4.91. The fraction of sp³-hybridized carbons (Fsp3) is 0.333. The van der Waals surface area contributed by atoms with Crippen molar-refractivity contribution in [3.63, 3.8) is 0 Å². The number of halogens is 1. The van der Waals surface area contributed by atoms with Crippen LogP contribution in [-0.4, -0.2) is 28.7 Å². The van der Waals surface area contributed by atoms with Crippen molar-refractivity contribution in [2.45, 2.75) is 45.4 Å². The van der Waals surface area contributed by atoms with Gasteiger partial charge in [-0.25, -0.2) is 0 Å². The molecule has 0 N–H and O–H groups in total. The Morgan fingerprint density at radius 3 is 2.58 bits per heavy atom. The third-order valence-electron chi connectivity index (χ3n) is 4.41. The number of hydrogen-bond donors (Lipinski definition) is 0. The molecule has 0 radical (unpaired) electrons. The van der Waals surface area contributed by atoms with Crippen LogP contribution in [0.4, 0.5) is 0 Å². The summed E-state index contributed by atoms with van der Waals surface area (Å²) in [4.78, 5) is 26.4. The van der Waals surface area contributed by atoms with E-state index in [1.807, 2.05) is 29.2 Å². The van der Waals surface area contributed by atoms with Gasteiger partial charge in [-0.15, -0.1) is 0 Å². The number of carbonyl (C=O) groups is 2. The van der Waals surface area contributed by atoms with Crippen LogP contribution >= 0.6 is 15.9 Å². The highest BCUT2D eigenvalue weighted by atomic mass is 79.9. The zero-order valence-corrected chi connectivity index (χ0v) is 16.5. The van der Waals surface area contributed by atoms with E-state index in [4.69, 9.17) is 4.74 Å². The van der Waals surface area contributed by atoms with Crippen LogP contribution in [0.2, 0.25) is 0 Å². The Labute approximate surface area is 162 Å². The van der Waals surface area contributed by atoms with Crippen molar-refractivity contribution in [1.29, 1.82) is 0 Å². The van der Waals surface area contributed by atoms with Gasteiger partial charge in [-0.05, 0) is 56.5 Å². The van der Waals surface area contributed by atoms with Crippen molar-refractivity contribution in [3.05, 3.63) is 64.1 Å². The molecule has 0 aliphatic heterocycles. The van der Waals surface area contributed by atoms with Crippen molar-refractivity contribution in [2.24, 2.45) is 0 Å². The first-order chi connectivity index (χ1) is 12.4. The van der Waals surface area contributed by atoms with Gasteiger partial charge in [0.05, 0.1) is 0 Å². The van der Waals surface area contributed by atoms with Crippen LogP contribution < -0.4 is 4.74 Å². The number of Topliss-reactive ketones (excluding diaryl/α,β-unsaturated/α-hetero) is 1. The molecule has 0 spiro atoms. The molecule has 136 valence electrons. The molecule has 1 aliphatic carbocycles. The van der Waals surface area contributed by atoms with Crippen LogP contribution in [0.5, 0.6) is 5.75 Å². The molecule has 1 fully saturated rings. The lowest BCUT2D eigenvalue weighted by Gasteiger charge is -2.26. The van der Waals surface area contributed by atoms with Gasteiger partial charge in [-0.1, -0.05) is 40.2 Å². The minimum absolute atomic E-state index is 0.0244. The number of ketones is 1. The minimum Gasteiger partial charge on any atom is -0.481 e. The summed E-state index contributed by atoms with van der Waals surface area (Å²) in [5.74, 6) is 0.487. The summed E-state index contributed by atoms with van der Waals surface area (Å²) in [6, 6.07) is 15.3. The average Bonchev–Trinajstić information content (AvgIpc) is 3.44. The minimum atomic E-state index is -0.607. The van der Waals surface area contributed by atoms with Crippen LogP contribution in [0, 0.1) is 0 Å². The normalized spacial score (nSPS) is 14.6. The second kappa shape index (κ2) is 8.04. The van der Waals surface area contributed by atoms with Crippen LogP contribution in [0.3, 0.4) is 0 Å². The summed E-state index contributed by atoms with van der Waals surface area (Å²) in [7, 11) is 0. The van der Waals surface area contributed by atoms with Crippen molar-refractivity contribution in [1.82, 2.24) is 4.90 Å². The van der Waals surface area contributed by atoms with E-state index in [0.717, 1.165) is 22.9 Å². The molecule has 4 nitrogen and oxygen atoms in total. The number of nitrogens with zero attached hydrogens (tertiary/aromatic N) is 1. The Morgan fingerprint density at radius 1 is 1.19 bits per heavy atom. The van der Waals surface area contributed by atoms with Gasteiger partial charge < -0.3 is 9.64 Å². The Bertz CT molecular complexity index is 816. The molecular formula is C21H22BrNO3. The first-order valence-electron chi connectivity index (χ1n) is 8.76. The van der Waals surface area contributed by atoms with Gasteiger partial charge in [0.1, 0.15) is 5.75 Å². The first kappa shape index (κ1) is 18.6. The number of amides is 1. The maximum absolute atomic E-state index is 13.0. The molecule has 0 heterocycles. The molecule has 3 rings (SSSR count). The zero-order valence-electron chi connectivity index (χ0n) is 14.9. The van der Waals surface area contributed by atoms with Gasteiger partial charge in [-0.2, -0.15) is 0 Å². The van der Waals surface area contributed by atoms with Crippen LogP contribution in [-0.2, 0) is 11.3 Å². The van der Waals surface area contributed by atoms with E-state index in [9.17, 15) is 9.59 Å². The predicted octanol–water partition coefficient (Wildman–Crippen LogP) is 4.61. The number of carbonyl (C=O) groups excluding carboxylic acids is 2. The lowest BCUT2D eigenvalue weighted by atomic mass is 10.1. The molecule has 2 aromatic rings. The van der Waals surface area contributed by atoms with Crippen LogP contribution in [0.15, 0.2) is 53.0 Å². The molecule has 1 aliphatic rings. The number of ether oxygens (including phenoxy) is 1. The summed E-state index contributed by atoms with van der Waals surface area (Å²) in [5.41, 5.74) is 1.67. The standard InChI is InChI=1S/C21H22BrNO3/c1-14(24)17-6-4-8-20(12-17)26-15(2)21(25)23(19-9-10-19)13-16-5-3-7-18(22)11-16/h3-8,11-12,15,19H,9-10,13H2,1-2H3.